The van der Waals surface area contributed by atoms with Crippen molar-refractivity contribution in [2.24, 2.45) is 5.92 Å². The van der Waals surface area contributed by atoms with Crippen molar-refractivity contribution in [1.82, 2.24) is 24.4 Å². The first-order valence-electron chi connectivity index (χ1n) is 10.7. The molecular formula is C22H25N7O2. The maximum absolute atomic E-state index is 12.8. The van der Waals surface area contributed by atoms with Crippen LogP contribution >= 0.6 is 0 Å². The van der Waals surface area contributed by atoms with Gasteiger partial charge in [0.15, 0.2) is 0 Å². The first-order chi connectivity index (χ1) is 15.1. The number of nitriles is 2. The van der Waals surface area contributed by atoms with Gasteiger partial charge in [0.25, 0.3) is 5.56 Å². The van der Waals surface area contributed by atoms with Gasteiger partial charge in [-0.15, -0.1) is 0 Å². The molecule has 31 heavy (non-hydrogen) atoms. The minimum absolute atomic E-state index is 0.00951. The number of H-pyrrole nitrogens is 2. The van der Waals surface area contributed by atoms with E-state index in [2.05, 4.69) is 32.0 Å². The zero-order valence-electron chi connectivity index (χ0n) is 17.3. The third-order valence-electron chi connectivity index (χ3n) is 6.26. The molecule has 160 valence electrons. The minimum Gasteiger partial charge on any atom is -0.346 e. The second-order valence-electron chi connectivity index (χ2n) is 8.18. The van der Waals surface area contributed by atoms with Crippen molar-refractivity contribution >= 4 is 21.9 Å². The highest BCUT2D eigenvalue weighted by molar-refractivity contribution is 6.01. The Balaban J connectivity index is 1.56. The number of pyridine rings is 1. The molecule has 3 heterocycles. The zero-order chi connectivity index (χ0) is 21.8. The van der Waals surface area contributed by atoms with Crippen LogP contribution < -0.4 is 11.2 Å². The Labute approximate surface area is 178 Å². The third kappa shape index (κ3) is 4.23. The summed E-state index contributed by atoms with van der Waals surface area (Å²) >= 11 is 0. The summed E-state index contributed by atoms with van der Waals surface area (Å²) in [5.74, 6) is 0.465. The summed E-state index contributed by atoms with van der Waals surface area (Å²) in [4.78, 5) is 37.2. The van der Waals surface area contributed by atoms with Gasteiger partial charge in [0.1, 0.15) is 5.65 Å². The number of hydrogen-bond donors (Lipinski definition) is 2. The van der Waals surface area contributed by atoms with Crippen molar-refractivity contribution in [3.63, 3.8) is 0 Å². The van der Waals surface area contributed by atoms with Crippen LogP contribution in [0, 0.1) is 28.6 Å². The average molecular weight is 419 g/mol. The van der Waals surface area contributed by atoms with E-state index in [0.717, 1.165) is 37.6 Å². The molecule has 0 spiro atoms. The molecule has 1 saturated carbocycles. The fraction of sp³-hybridized carbons (Fsp3) is 0.500. The standard InChI is InChI=1S/C22H25N7O2/c23-8-1-11-28(12-2-9-24)14-15-3-5-16(6-4-15)29-19-17-7-10-25-20(17)26-13-18(19)21(30)27-22(29)31/h7,10,13,15-16H,1-6,11-12,14H2,(H,25,26)(H,27,30,31). The lowest BCUT2D eigenvalue weighted by atomic mass is 9.85. The van der Waals surface area contributed by atoms with Crippen LogP contribution in [0.5, 0.6) is 0 Å². The van der Waals surface area contributed by atoms with Crippen molar-refractivity contribution in [2.45, 2.75) is 44.6 Å². The van der Waals surface area contributed by atoms with E-state index in [1.165, 1.54) is 6.20 Å². The van der Waals surface area contributed by atoms with Crippen LogP contribution in [0.4, 0.5) is 0 Å². The van der Waals surface area contributed by atoms with E-state index < -0.39 is 5.56 Å². The smallest absolute Gasteiger partial charge is 0.329 e. The molecule has 0 amide bonds. The molecule has 4 rings (SSSR count). The molecule has 1 fully saturated rings. The van der Waals surface area contributed by atoms with Crippen molar-refractivity contribution < 1.29 is 0 Å². The predicted molar refractivity (Wildman–Crippen MR) is 116 cm³/mol. The molecule has 9 heteroatoms. The van der Waals surface area contributed by atoms with E-state index in [4.69, 9.17) is 10.5 Å². The quantitative estimate of drug-likeness (QED) is 0.604. The van der Waals surface area contributed by atoms with E-state index >= 15 is 0 Å². The SMILES string of the molecule is N#CCCN(CCC#N)CC1CCC(n2c(=O)[nH]c(=O)c3cnc4[nH]ccc4c32)CC1. The molecule has 0 aromatic carbocycles. The predicted octanol–water partition coefficient (Wildman–Crippen LogP) is 2.43. The van der Waals surface area contributed by atoms with Crippen LogP contribution in [0.3, 0.4) is 0 Å². The molecule has 0 saturated heterocycles. The Morgan fingerprint density at radius 1 is 1.10 bits per heavy atom. The Morgan fingerprint density at radius 2 is 1.81 bits per heavy atom. The van der Waals surface area contributed by atoms with Crippen LogP contribution in [0.2, 0.25) is 0 Å². The molecule has 0 unspecified atom stereocenters. The fourth-order valence-electron chi connectivity index (χ4n) is 4.76. The van der Waals surface area contributed by atoms with E-state index in [1.54, 1.807) is 10.8 Å². The Morgan fingerprint density at radius 3 is 2.48 bits per heavy atom. The maximum atomic E-state index is 12.8. The summed E-state index contributed by atoms with van der Waals surface area (Å²) in [5, 5.41) is 19.0. The van der Waals surface area contributed by atoms with Gasteiger partial charge in [-0.2, -0.15) is 10.5 Å². The molecule has 1 aliphatic rings. The van der Waals surface area contributed by atoms with Gasteiger partial charge in [-0.25, -0.2) is 9.78 Å². The number of fused-ring (bicyclic) bond motifs is 3. The Kier molecular flexibility index (Phi) is 6.15. The number of rotatable bonds is 7. The van der Waals surface area contributed by atoms with Crippen LogP contribution in [0.25, 0.3) is 21.9 Å². The summed E-state index contributed by atoms with van der Waals surface area (Å²) in [6.45, 7) is 2.23. The number of aromatic nitrogens is 4. The lowest BCUT2D eigenvalue weighted by molar-refractivity contribution is 0.185. The van der Waals surface area contributed by atoms with Crippen molar-refractivity contribution in [1.29, 1.82) is 10.5 Å². The van der Waals surface area contributed by atoms with Crippen LogP contribution in [0.1, 0.15) is 44.6 Å². The van der Waals surface area contributed by atoms with Gasteiger partial charge < -0.3 is 9.88 Å². The maximum Gasteiger partial charge on any atom is 0.329 e. The molecule has 3 aromatic heterocycles. The monoisotopic (exact) mass is 419 g/mol. The number of hydrogen-bond acceptors (Lipinski definition) is 6. The molecule has 0 bridgehead atoms. The lowest BCUT2D eigenvalue weighted by Crippen LogP contribution is -2.37. The molecule has 9 nitrogen and oxygen atoms in total. The number of nitrogens with zero attached hydrogens (tertiary/aromatic N) is 5. The second-order valence-corrected chi connectivity index (χ2v) is 8.18. The van der Waals surface area contributed by atoms with Gasteiger partial charge in [-0.05, 0) is 37.7 Å². The topological polar surface area (TPSA) is 134 Å². The minimum atomic E-state index is -0.411. The molecular weight excluding hydrogens is 394 g/mol. The molecule has 0 radical (unpaired) electrons. The number of aromatic amines is 2. The zero-order valence-corrected chi connectivity index (χ0v) is 17.3. The summed E-state index contributed by atoms with van der Waals surface area (Å²) < 4.78 is 1.74. The summed E-state index contributed by atoms with van der Waals surface area (Å²) in [5.41, 5.74) is 0.518. The average Bonchev–Trinajstić information content (AvgIpc) is 3.26. The lowest BCUT2D eigenvalue weighted by Gasteiger charge is -2.33. The van der Waals surface area contributed by atoms with Gasteiger partial charge >= 0.3 is 5.69 Å². The Bertz CT molecular complexity index is 1250. The summed E-state index contributed by atoms with van der Waals surface area (Å²) in [6.07, 6.45) is 7.79. The largest absolute Gasteiger partial charge is 0.346 e. The van der Waals surface area contributed by atoms with E-state index in [1.807, 2.05) is 6.07 Å². The van der Waals surface area contributed by atoms with E-state index in [9.17, 15) is 9.59 Å². The van der Waals surface area contributed by atoms with Crippen molar-refractivity contribution in [3.8, 4) is 12.1 Å². The Hall–Kier alpha value is -3.43. The molecule has 2 N–H and O–H groups in total. The summed E-state index contributed by atoms with van der Waals surface area (Å²) in [7, 11) is 0. The molecule has 1 aliphatic carbocycles. The van der Waals surface area contributed by atoms with Crippen LogP contribution in [0.15, 0.2) is 28.0 Å². The fourth-order valence-corrected chi connectivity index (χ4v) is 4.76. The third-order valence-corrected chi connectivity index (χ3v) is 6.26. The van der Waals surface area contributed by atoms with Crippen molar-refractivity contribution in [2.75, 3.05) is 19.6 Å². The molecule has 3 aromatic rings. The van der Waals surface area contributed by atoms with Gasteiger partial charge in [0, 0.05) is 56.3 Å². The first-order valence-corrected chi connectivity index (χ1v) is 10.7. The van der Waals surface area contributed by atoms with Crippen LogP contribution in [-0.2, 0) is 0 Å². The van der Waals surface area contributed by atoms with Gasteiger partial charge in [0.05, 0.1) is 23.0 Å². The highest BCUT2D eigenvalue weighted by Gasteiger charge is 2.27. The van der Waals surface area contributed by atoms with Crippen molar-refractivity contribution in [3.05, 3.63) is 39.3 Å². The highest BCUT2D eigenvalue weighted by Crippen LogP contribution is 2.34. The van der Waals surface area contributed by atoms with Gasteiger partial charge in [0.2, 0.25) is 0 Å². The summed E-state index contributed by atoms with van der Waals surface area (Å²) in [6, 6.07) is 6.23. The van der Waals surface area contributed by atoms with Gasteiger partial charge in [-0.3, -0.25) is 14.3 Å². The van der Waals surface area contributed by atoms with E-state index in [0.29, 0.717) is 48.4 Å². The molecule has 0 atom stereocenters. The highest BCUT2D eigenvalue weighted by atomic mass is 16.2. The first kappa shape index (κ1) is 20.8. The van der Waals surface area contributed by atoms with Crippen LogP contribution in [-0.4, -0.2) is 44.1 Å². The van der Waals surface area contributed by atoms with E-state index in [-0.39, 0.29) is 11.7 Å². The normalized spacial score (nSPS) is 18.9. The molecule has 0 aliphatic heterocycles. The number of nitrogens with one attached hydrogen (secondary N) is 2. The van der Waals surface area contributed by atoms with Gasteiger partial charge in [-0.1, -0.05) is 0 Å². The second kappa shape index (κ2) is 9.15.